The van der Waals surface area contributed by atoms with Gasteiger partial charge in [-0.2, -0.15) is 4.37 Å². The van der Waals surface area contributed by atoms with Crippen molar-refractivity contribution in [3.05, 3.63) is 5.82 Å². The van der Waals surface area contributed by atoms with Crippen LogP contribution < -0.4 is 10.2 Å². The number of nitrogens with one attached hydrogen (secondary N) is 1. The lowest BCUT2D eigenvalue weighted by molar-refractivity contribution is 0.201. The fourth-order valence-corrected chi connectivity index (χ4v) is 3.12. The van der Waals surface area contributed by atoms with Crippen molar-refractivity contribution in [2.75, 3.05) is 37.6 Å². The van der Waals surface area contributed by atoms with E-state index in [0.717, 1.165) is 56.0 Å². The molecule has 3 rings (SSSR count). The Morgan fingerprint density at radius 1 is 1.35 bits per heavy atom. The van der Waals surface area contributed by atoms with Crippen molar-refractivity contribution in [2.24, 2.45) is 5.92 Å². The first-order valence-corrected chi connectivity index (χ1v) is 8.08. The third-order valence-electron chi connectivity index (χ3n) is 3.81. The molecule has 1 aromatic rings. The molecule has 0 spiro atoms. The molecule has 1 saturated carbocycles. The molecular formula is C13H21N5OS. The van der Waals surface area contributed by atoms with Gasteiger partial charge in [0.15, 0.2) is 0 Å². The number of aryl methyl sites for hydroxylation is 1. The number of rotatable bonds is 3. The Bertz CT molecular complexity index is 473. The van der Waals surface area contributed by atoms with Crippen molar-refractivity contribution in [2.45, 2.75) is 26.2 Å². The van der Waals surface area contributed by atoms with Gasteiger partial charge < -0.3 is 15.1 Å². The average Bonchev–Trinajstić information content (AvgIpc) is 3.22. The SMILES string of the molecule is Cc1nsc(N2CCCN(C(=O)NCC3CC3)CC2)n1. The summed E-state index contributed by atoms with van der Waals surface area (Å²) in [5, 5.41) is 4.02. The first-order chi connectivity index (χ1) is 9.72. The highest BCUT2D eigenvalue weighted by Crippen LogP contribution is 2.27. The third kappa shape index (κ3) is 3.39. The number of urea groups is 1. The van der Waals surface area contributed by atoms with Crippen LogP contribution in [-0.2, 0) is 0 Å². The number of anilines is 1. The highest BCUT2D eigenvalue weighted by molar-refractivity contribution is 7.09. The number of amides is 2. The Kier molecular flexibility index (Phi) is 4.05. The molecule has 2 amide bonds. The molecule has 0 bridgehead atoms. The summed E-state index contributed by atoms with van der Waals surface area (Å²) < 4.78 is 4.23. The molecule has 20 heavy (non-hydrogen) atoms. The van der Waals surface area contributed by atoms with E-state index in [9.17, 15) is 4.79 Å². The molecule has 0 aromatic carbocycles. The van der Waals surface area contributed by atoms with Crippen LogP contribution in [0.15, 0.2) is 0 Å². The molecule has 7 heteroatoms. The summed E-state index contributed by atoms with van der Waals surface area (Å²) in [6, 6.07) is 0.0900. The summed E-state index contributed by atoms with van der Waals surface area (Å²) in [6.07, 6.45) is 3.52. The van der Waals surface area contributed by atoms with Crippen molar-refractivity contribution in [3.8, 4) is 0 Å². The van der Waals surface area contributed by atoms with Crippen LogP contribution in [0.4, 0.5) is 9.93 Å². The number of hydrogen-bond acceptors (Lipinski definition) is 5. The van der Waals surface area contributed by atoms with Crippen LogP contribution in [0.25, 0.3) is 0 Å². The Morgan fingerprint density at radius 3 is 2.90 bits per heavy atom. The minimum atomic E-state index is 0.0900. The van der Waals surface area contributed by atoms with Gasteiger partial charge in [0.05, 0.1) is 0 Å². The molecule has 1 aliphatic heterocycles. The van der Waals surface area contributed by atoms with Gasteiger partial charge in [0, 0.05) is 44.3 Å². The summed E-state index contributed by atoms with van der Waals surface area (Å²) in [5.41, 5.74) is 0. The van der Waals surface area contributed by atoms with Crippen molar-refractivity contribution in [1.29, 1.82) is 0 Å². The summed E-state index contributed by atoms with van der Waals surface area (Å²) in [6.45, 7) is 6.12. The van der Waals surface area contributed by atoms with E-state index in [1.165, 1.54) is 24.4 Å². The van der Waals surface area contributed by atoms with Gasteiger partial charge in [-0.15, -0.1) is 0 Å². The first-order valence-electron chi connectivity index (χ1n) is 7.30. The Balaban J connectivity index is 1.51. The maximum absolute atomic E-state index is 12.1. The van der Waals surface area contributed by atoms with Crippen molar-refractivity contribution in [1.82, 2.24) is 19.6 Å². The topological polar surface area (TPSA) is 61.4 Å². The van der Waals surface area contributed by atoms with E-state index in [-0.39, 0.29) is 6.03 Å². The molecule has 0 unspecified atom stereocenters. The second kappa shape index (κ2) is 5.95. The van der Waals surface area contributed by atoms with Gasteiger partial charge in [0.2, 0.25) is 5.13 Å². The Morgan fingerprint density at radius 2 is 2.20 bits per heavy atom. The molecule has 2 aliphatic rings. The van der Waals surface area contributed by atoms with Crippen molar-refractivity contribution >= 4 is 22.7 Å². The molecule has 1 saturated heterocycles. The van der Waals surface area contributed by atoms with E-state index < -0.39 is 0 Å². The average molecular weight is 295 g/mol. The minimum absolute atomic E-state index is 0.0900. The Hall–Kier alpha value is -1.37. The second-order valence-corrected chi connectivity index (χ2v) is 6.31. The normalized spacial score (nSPS) is 19.9. The smallest absolute Gasteiger partial charge is 0.317 e. The van der Waals surface area contributed by atoms with Gasteiger partial charge >= 0.3 is 6.03 Å². The molecule has 2 fully saturated rings. The minimum Gasteiger partial charge on any atom is -0.345 e. The predicted octanol–water partition coefficient (Wildman–Crippen LogP) is 1.48. The molecule has 0 radical (unpaired) electrons. The van der Waals surface area contributed by atoms with Gasteiger partial charge in [-0.1, -0.05) is 0 Å². The molecular weight excluding hydrogens is 274 g/mol. The van der Waals surface area contributed by atoms with Crippen LogP contribution >= 0.6 is 11.5 Å². The highest BCUT2D eigenvalue weighted by atomic mass is 32.1. The summed E-state index contributed by atoms with van der Waals surface area (Å²) in [5.74, 6) is 1.56. The fraction of sp³-hybridized carbons (Fsp3) is 0.769. The van der Waals surface area contributed by atoms with Crippen molar-refractivity contribution in [3.63, 3.8) is 0 Å². The number of carbonyl (C=O) groups is 1. The van der Waals surface area contributed by atoms with Gasteiger partial charge in [-0.05, 0) is 32.1 Å². The number of hydrogen-bond donors (Lipinski definition) is 1. The molecule has 2 heterocycles. The monoisotopic (exact) mass is 295 g/mol. The predicted molar refractivity (Wildman–Crippen MR) is 79.2 cm³/mol. The van der Waals surface area contributed by atoms with E-state index in [1.807, 2.05) is 11.8 Å². The lowest BCUT2D eigenvalue weighted by Crippen LogP contribution is -2.42. The number of nitrogens with zero attached hydrogens (tertiary/aromatic N) is 4. The van der Waals surface area contributed by atoms with E-state index >= 15 is 0 Å². The van der Waals surface area contributed by atoms with Crippen LogP contribution in [0.1, 0.15) is 25.1 Å². The van der Waals surface area contributed by atoms with Gasteiger partial charge in [-0.3, -0.25) is 0 Å². The molecule has 0 atom stereocenters. The molecule has 6 nitrogen and oxygen atoms in total. The first kappa shape index (κ1) is 13.6. The zero-order chi connectivity index (χ0) is 13.9. The zero-order valence-electron chi connectivity index (χ0n) is 11.8. The van der Waals surface area contributed by atoms with E-state index in [0.29, 0.717) is 0 Å². The van der Waals surface area contributed by atoms with Gasteiger partial charge in [0.25, 0.3) is 0 Å². The van der Waals surface area contributed by atoms with E-state index in [4.69, 9.17) is 0 Å². The standard InChI is InChI=1S/C13H21N5OS/c1-10-15-13(20-16-10)18-6-2-5-17(7-8-18)12(19)14-9-11-3-4-11/h11H,2-9H2,1H3,(H,14,19). The van der Waals surface area contributed by atoms with E-state index in [2.05, 4.69) is 19.6 Å². The largest absolute Gasteiger partial charge is 0.345 e. The fourth-order valence-electron chi connectivity index (χ4n) is 2.39. The van der Waals surface area contributed by atoms with Crippen LogP contribution in [0, 0.1) is 12.8 Å². The lowest BCUT2D eigenvalue weighted by atomic mass is 10.4. The van der Waals surface area contributed by atoms with Crippen LogP contribution in [0.2, 0.25) is 0 Å². The molecule has 1 aliphatic carbocycles. The van der Waals surface area contributed by atoms with E-state index in [1.54, 1.807) is 0 Å². The number of carbonyl (C=O) groups excluding carboxylic acids is 1. The summed E-state index contributed by atoms with van der Waals surface area (Å²) >= 11 is 1.44. The zero-order valence-corrected chi connectivity index (χ0v) is 12.7. The molecule has 110 valence electrons. The molecule has 1 N–H and O–H groups in total. The van der Waals surface area contributed by atoms with Crippen LogP contribution in [0.5, 0.6) is 0 Å². The van der Waals surface area contributed by atoms with Crippen LogP contribution in [0.3, 0.4) is 0 Å². The lowest BCUT2D eigenvalue weighted by Gasteiger charge is -2.21. The highest BCUT2D eigenvalue weighted by Gasteiger charge is 2.24. The van der Waals surface area contributed by atoms with Crippen molar-refractivity contribution < 1.29 is 4.79 Å². The number of aromatic nitrogens is 2. The maximum atomic E-state index is 12.1. The maximum Gasteiger partial charge on any atom is 0.317 e. The van der Waals surface area contributed by atoms with Crippen LogP contribution in [-0.4, -0.2) is 53.0 Å². The quantitative estimate of drug-likeness (QED) is 0.917. The van der Waals surface area contributed by atoms with Gasteiger partial charge in [-0.25, -0.2) is 9.78 Å². The second-order valence-electron chi connectivity index (χ2n) is 5.58. The third-order valence-corrected chi connectivity index (χ3v) is 4.68. The summed E-state index contributed by atoms with van der Waals surface area (Å²) in [7, 11) is 0. The summed E-state index contributed by atoms with van der Waals surface area (Å²) in [4.78, 5) is 20.7. The van der Waals surface area contributed by atoms with Gasteiger partial charge in [0.1, 0.15) is 5.82 Å². The molecule has 1 aromatic heterocycles. The Labute approximate surface area is 123 Å².